The number of hydrogen-bond donors (Lipinski definition) is 2. The van der Waals surface area contributed by atoms with E-state index in [2.05, 4.69) is 42.9 Å². The number of nitrogens with zero attached hydrogens (tertiary/aromatic N) is 1. The molecule has 0 unspecified atom stereocenters. The Morgan fingerprint density at radius 3 is 2.51 bits per heavy atom. The monoisotopic (exact) mass is 637 g/mol. The molecule has 8 nitrogen and oxygen atoms in total. The summed E-state index contributed by atoms with van der Waals surface area (Å²) >= 11 is 0. The highest BCUT2D eigenvalue weighted by Gasteiger charge is 2.65. The molecular weight excluding hydrogens is 597 g/mol. The maximum absolute atomic E-state index is 14.0. The molecule has 244 valence electrons. The number of H-pyrrole nitrogens is 1. The predicted molar refractivity (Wildman–Crippen MR) is 182 cm³/mol. The van der Waals surface area contributed by atoms with Gasteiger partial charge in [-0.2, -0.15) is 0 Å². The number of methoxy groups -OCH3 is 1. The predicted octanol–water partition coefficient (Wildman–Crippen LogP) is 7.42. The highest BCUT2D eigenvalue weighted by Crippen LogP contribution is 2.64. The van der Waals surface area contributed by atoms with Gasteiger partial charge in [0.2, 0.25) is 0 Å². The number of esters is 1. The van der Waals surface area contributed by atoms with Crippen LogP contribution in [0.2, 0.25) is 0 Å². The van der Waals surface area contributed by atoms with Crippen molar-refractivity contribution in [3.63, 3.8) is 0 Å². The number of ether oxygens (including phenoxy) is 1. The molecule has 0 aliphatic heterocycles. The lowest BCUT2D eigenvalue weighted by molar-refractivity contribution is -0.179. The average Bonchev–Trinajstić information content (AvgIpc) is 3.43. The molecule has 3 saturated carbocycles. The van der Waals surface area contributed by atoms with E-state index < -0.39 is 17.3 Å². The van der Waals surface area contributed by atoms with Crippen molar-refractivity contribution >= 4 is 50.4 Å². The number of aromatic nitrogens is 1. The third-order valence-corrected chi connectivity index (χ3v) is 11.4. The number of rotatable bonds is 7. The van der Waals surface area contributed by atoms with Crippen molar-refractivity contribution in [2.45, 2.75) is 53.0 Å². The van der Waals surface area contributed by atoms with E-state index in [1.165, 1.54) is 19.2 Å². The van der Waals surface area contributed by atoms with E-state index in [4.69, 9.17) is 9.15 Å². The Morgan fingerprint density at radius 1 is 1.04 bits per heavy atom. The van der Waals surface area contributed by atoms with Crippen molar-refractivity contribution in [2.24, 2.45) is 23.2 Å². The lowest BCUT2D eigenvalue weighted by Crippen LogP contribution is -2.71. The summed E-state index contributed by atoms with van der Waals surface area (Å²) in [6.45, 7) is 12.0. The normalized spacial score (nSPS) is 23.1. The number of halogens is 1. The van der Waals surface area contributed by atoms with Crippen molar-refractivity contribution in [3.05, 3.63) is 76.3 Å². The number of anilines is 1. The van der Waals surface area contributed by atoms with Crippen LogP contribution in [0.3, 0.4) is 0 Å². The van der Waals surface area contributed by atoms with Crippen LogP contribution in [-0.2, 0) is 9.53 Å². The van der Waals surface area contributed by atoms with Gasteiger partial charge >= 0.3 is 5.97 Å². The number of benzene rings is 3. The first-order chi connectivity index (χ1) is 22.4. The standard InChI is InChI=1S/C38H40FN3O5/c1-7-42(8-2)29-19-30-26(32-33(47-30)24-13-12-23(39)17-28(24)40-35(32)44)18-25(29)20-10-9-11-21(14-20)34(43)41-38(5)27(36(45)46-6)15-22-16-31(38)37(22,3)4/h9-14,17-19,22,27,31H,7-8,15-16H2,1-6H3,(H,40,44)(H,41,43)/t22-,27+,31+,38-/m1/s1. The molecule has 0 radical (unpaired) electrons. The van der Waals surface area contributed by atoms with Crippen molar-refractivity contribution in [1.82, 2.24) is 10.3 Å². The Labute approximate surface area is 272 Å². The van der Waals surface area contributed by atoms with Crippen LogP contribution in [0.25, 0.3) is 44.0 Å². The van der Waals surface area contributed by atoms with Crippen LogP contribution >= 0.6 is 0 Å². The summed E-state index contributed by atoms with van der Waals surface area (Å²) in [5.74, 6) is -0.848. The fourth-order valence-electron chi connectivity index (χ4n) is 8.62. The van der Waals surface area contributed by atoms with Gasteiger partial charge in [0.15, 0.2) is 0 Å². The summed E-state index contributed by atoms with van der Waals surface area (Å²) < 4.78 is 25.5. The molecule has 3 aliphatic rings. The molecule has 3 aliphatic carbocycles. The van der Waals surface area contributed by atoms with E-state index in [-0.39, 0.29) is 28.8 Å². The molecule has 4 atom stereocenters. The molecule has 2 N–H and O–H groups in total. The van der Waals surface area contributed by atoms with Crippen LogP contribution in [-0.4, -0.2) is 42.6 Å². The second-order valence-electron chi connectivity index (χ2n) is 13.9. The maximum atomic E-state index is 14.0. The van der Waals surface area contributed by atoms with Gasteiger partial charge in [0.1, 0.15) is 17.0 Å². The Balaban J connectivity index is 1.34. The third-order valence-electron chi connectivity index (χ3n) is 11.4. The zero-order valence-electron chi connectivity index (χ0n) is 27.6. The number of carbonyl (C=O) groups excluding carboxylic acids is 2. The minimum atomic E-state index is -0.758. The van der Waals surface area contributed by atoms with E-state index in [0.717, 1.165) is 36.3 Å². The molecule has 2 bridgehead atoms. The van der Waals surface area contributed by atoms with Gasteiger partial charge in [0.25, 0.3) is 11.5 Å². The van der Waals surface area contributed by atoms with Gasteiger partial charge in [-0.05, 0) is 92.8 Å². The van der Waals surface area contributed by atoms with E-state index >= 15 is 0 Å². The summed E-state index contributed by atoms with van der Waals surface area (Å²) in [7, 11) is 1.41. The topological polar surface area (TPSA) is 105 Å². The average molecular weight is 638 g/mol. The molecule has 8 rings (SSSR count). The third kappa shape index (κ3) is 4.65. The van der Waals surface area contributed by atoms with E-state index in [0.29, 0.717) is 50.7 Å². The van der Waals surface area contributed by atoms with Gasteiger partial charge in [-0.15, -0.1) is 0 Å². The largest absolute Gasteiger partial charge is 0.469 e. The molecule has 0 saturated heterocycles. The number of fused-ring (bicyclic) bond motifs is 7. The lowest BCUT2D eigenvalue weighted by atomic mass is 9.41. The minimum Gasteiger partial charge on any atom is -0.469 e. The van der Waals surface area contributed by atoms with Gasteiger partial charge in [0, 0.05) is 46.7 Å². The molecule has 3 fully saturated rings. The number of amides is 1. The van der Waals surface area contributed by atoms with Crippen molar-refractivity contribution in [1.29, 1.82) is 0 Å². The highest BCUT2D eigenvalue weighted by atomic mass is 19.1. The van der Waals surface area contributed by atoms with Crippen LogP contribution in [0.4, 0.5) is 10.1 Å². The fraction of sp³-hybridized carbons (Fsp3) is 0.395. The number of aromatic amines is 1. The van der Waals surface area contributed by atoms with Crippen molar-refractivity contribution in [2.75, 3.05) is 25.1 Å². The summed E-state index contributed by atoms with van der Waals surface area (Å²) in [4.78, 5) is 45.4. The smallest absolute Gasteiger partial charge is 0.311 e. The van der Waals surface area contributed by atoms with Crippen LogP contribution in [0.5, 0.6) is 0 Å². The Bertz CT molecular complexity index is 2140. The van der Waals surface area contributed by atoms with Crippen molar-refractivity contribution in [3.8, 4) is 11.1 Å². The van der Waals surface area contributed by atoms with Crippen molar-refractivity contribution < 1.29 is 23.1 Å². The first kappa shape index (κ1) is 31.0. The highest BCUT2D eigenvalue weighted by molar-refractivity contribution is 6.15. The van der Waals surface area contributed by atoms with E-state index in [9.17, 15) is 18.8 Å². The van der Waals surface area contributed by atoms with Gasteiger partial charge in [-0.3, -0.25) is 14.4 Å². The quantitative estimate of drug-likeness (QED) is 0.180. The molecule has 2 aromatic heterocycles. The van der Waals surface area contributed by atoms with E-state index in [1.807, 2.05) is 37.3 Å². The number of carbonyl (C=O) groups is 2. The molecule has 47 heavy (non-hydrogen) atoms. The Hall–Kier alpha value is -4.66. The molecule has 3 aromatic carbocycles. The number of furan rings is 1. The Morgan fingerprint density at radius 2 is 1.81 bits per heavy atom. The maximum Gasteiger partial charge on any atom is 0.311 e. The van der Waals surface area contributed by atoms with Gasteiger partial charge in [-0.1, -0.05) is 26.0 Å². The van der Waals surface area contributed by atoms with Crippen LogP contribution in [0.15, 0.2) is 63.8 Å². The second kappa shape index (κ2) is 11.0. The number of pyridine rings is 1. The fourth-order valence-corrected chi connectivity index (χ4v) is 8.62. The number of nitrogens with one attached hydrogen (secondary N) is 2. The molecule has 1 amide bonds. The summed E-state index contributed by atoms with van der Waals surface area (Å²) in [5.41, 5.74) is 3.21. The zero-order chi connectivity index (χ0) is 33.4. The number of hydrogen-bond acceptors (Lipinski definition) is 6. The van der Waals surface area contributed by atoms with Crippen LogP contribution < -0.4 is 15.8 Å². The summed E-state index contributed by atoms with van der Waals surface area (Å²) in [5, 5.41) is 4.93. The van der Waals surface area contributed by atoms with Crippen LogP contribution in [0.1, 0.15) is 57.8 Å². The van der Waals surface area contributed by atoms with Gasteiger partial charge in [-0.25, -0.2) is 4.39 Å². The minimum absolute atomic E-state index is 0.00712. The SMILES string of the molecule is CCN(CC)c1cc2oc3c4ccc(F)cc4[nH]c(=O)c3c2cc1-c1cccc(C(=O)N[C@]2(C)[C@H](C(=O)OC)C[C@@H]3C[C@H]2C3(C)C)c1. The van der Waals surface area contributed by atoms with Gasteiger partial charge < -0.3 is 24.4 Å². The van der Waals surface area contributed by atoms with E-state index in [1.54, 1.807) is 12.1 Å². The van der Waals surface area contributed by atoms with Gasteiger partial charge in [0.05, 0.1) is 29.5 Å². The molecular formula is C38H40FN3O5. The van der Waals surface area contributed by atoms with Crippen LogP contribution in [0, 0.1) is 29.0 Å². The summed E-state index contributed by atoms with van der Waals surface area (Å²) in [6.07, 6.45) is 1.65. The molecule has 9 heteroatoms. The lowest BCUT2D eigenvalue weighted by Gasteiger charge is -2.66. The second-order valence-corrected chi connectivity index (χ2v) is 13.9. The molecule has 0 spiro atoms. The first-order valence-electron chi connectivity index (χ1n) is 16.4. The zero-order valence-corrected chi connectivity index (χ0v) is 27.6. The molecule has 5 aromatic rings. The Kier molecular flexibility index (Phi) is 7.22. The first-order valence-corrected chi connectivity index (χ1v) is 16.4. The molecule has 2 heterocycles. The summed E-state index contributed by atoms with van der Waals surface area (Å²) in [6, 6.07) is 15.6.